The van der Waals surface area contributed by atoms with Crippen LogP contribution >= 0.6 is 0 Å². The quantitative estimate of drug-likeness (QED) is 0.574. The van der Waals surface area contributed by atoms with Crippen LogP contribution in [0.5, 0.6) is 11.5 Å². The Morgan fingerprint density at radius 3 is 2.27 bits per heavy atom. The summed E-state index contributed by atoms with van der Waals surface area (Å²) in [7, 11) is 1.61. The second-order valence-corrected chi connectivity index (χ2v) is 8.55. The summed E-state index contributed by atoms with van der Waals surface area (Å²) in [5.74, 6) is 1.45. The Hall–Kier alpha value is -2.96. The number of aliphatic hydroxyl groups is 1. The number of methoxy groups -OCH3 is 1. The summed E-state index contributed by atoms with van der Waals surface area (Å²) in [4.78, 5) is 17.0. The van der Waals surface area contributed by atoms with Crippen molar-refractivity contribution in [2.24, 2.45) is 0 Å². The zero-order valence-corrected chi connectivity index (χ0v) is 18.7. The number of morpholine rings is 2. The summed E-state index contributed by atoms with van der Waals surface area (Å²) in [5.41, 5.74) is 1.25. The molecule has 2 bridgehead atoms. The molecule has 0 radical (unpaired) electrons. The van der Waals surface area contributed by atoms with Gasteiger partial charge < -0.3 is 19.3 Å². The number of nitriles is 1. The predicted molar refractivity (Wildman–Crippen MR) is 122 cm³/mol. The number of carbonyl (C=O) groups excluding carboxylic acids is 1. The highest BCUT2D eigenvalue weighted by molar-refractivity contribution is 5.97. The van der Waals surface area contributed by atoms with E-state index in [1.807, 2.05) is 0 Å². The average molecular weight is 452 g/mol. The number of ether oxygens (including phenoxy) is 3. The molecule has 2 aliphatic rings. The Labute approximate surface area is 193 Å². The van der Waals surface area contributed by atoms with Crippen molar-refractivity contribution in [3.05, 3.63) is 59.7 Å². The van der Waals surface area contributed by atoms with Crippen molar-refractivity contribution >= 4 is 5.78 Å². The topological polar surface area (TPSA) is 95.3 Å². The Morgan fingerprint density at radius 2 is 1.67 bits per heavy atom. The lowest BCUT2D eigenvalue weighted by Gasteiger charge is -2.46. The molecule has 1 N–H and O–H groups in total. The van der Waals surface area contributed by atoms with E-state index in [-0.39, 0.29) is 24.6 Å². The van der Waals surface area contributed by atoms with Crippen molar-refractivity contribution in [2.75, 3.05) is 53.0 Å². The summed E-state index contributed by atoms with van der Waals surface area (Å²) in [6.45, 7) is 3.83. The molecule has 33 heavy (non-hydrogen) atoms. The molecule has 4 rings (SSSR count). The number of aliphatic hydroxyl groups excluding tert-OH is 1. The molecule has 0 saturated carbocycles. The third kappa shape index (κ3) is 6.30. The van der Waals surface area contributed by atoms with Gasteiger partial charge in [0.15, 0.2) is 5.78 Å². The number of carbonyl (C=O) groups is 1. The van der Waals surface area contributed by atoms with Gasteiger partial charge in [0.1, 0.15) is 24.2 Å². The summed E-state index contributed by atoms with van der Waals surface area (Å²) >= 11 is 0. The Morgan fingerprint density at radius 1 is 1.06 bits per heavy atom. The molecule has 0 amide bonds. The van der Waals surface area contributed by atoms with Gasteiger partial charge in [0.2, 0.25) is 0 Å². The molecule has 174 valence electrons. The molecule has 0 spiro atoms. The second kappa shape index (κ2) is 10.8. The molecule has 2 saturated heterocycles. The molecule has 0 aromatic heterocycles. The van der Waals surface area contributed by atoms with Crippen LogP contribution in [0, 0.1) is 11.3 Å². The number of rotatable bonds is 9. The fourth-order valence-electron chi connectivity index (χ4n) is 4.38. The normalized spacial score (nSPS) is 21.7. The molecule has 2 aliphatic heterocycles. The van der Waals surface area contributed by atoms with Crippen LogP contribution in [0.1, 0.15) is 15.9 Å². The molecule has 8 heteroatoms. The Bertz CT molecular complexity index is 959. The number of ketones is 1. The van der Waals surface area contributed by atoms with Crippen LogP contribution in [0.4, 0.5) is 0 Å². The Balaban J connectivity index is 1.22. The van der Waals surface area contributed by atoms with Gasteiger partial charge in [-0.3, -0.25) is 14.6 Å². The molecule has 2 aromatic carbocycles. The second-order valence-electron chi connectivity index (χ2n) is 8.55. The molecule has 0 aliphatic carbocycles. The lowest BCUT2D eigenvalue weighted by Crippen LogP contribution is -2.61. The first-order chi connectivity index (χ1) is 16.0. The number of β-amino-alcohol motifs (C(OH)–C–C–N with tert-alkyl or cyclic N) is 1. The van der Waals surface area contributed by atoms with Gasteiger partial charge in [-0.25, -0.2) is 0 Å². The number of benzene rings is 2. The van der Waals surface area contributed by atoms with Gasteiger partial charge >= 0.3 is 0 Å². The van der Waals surface area contributed by atoms with Gasteiger partial charge in [0, 0.05) is 38.3 Å². The predicted octanol–water partition coefficient (Wildman–Crippen LogP) is 1.57. The summed E-state index contributed by atoms with van der Waals surface area (Å²) < 4.78 is 16.9. The standard InChI is InChI=1S/C25H29N3O5/c1-31-21-8-4-19(5-9-21)25(30)16-28-14-23-12-27(13-24(15-28)33-23)11-20(29)17-32-22-6-2-18(10-26)3-7-22/h2-9,20,23-24,29H,11-17H2,1H3. The average Bonchev–Trinajstić information content (AvgIpc) is 2.82. The molecule has 2 fully saturated rings. The fraction of sp³-hybridized carbons (Fsp3) is 0.440. The zero-order chi connectivity index (χ0) is 23.2. The van der Waals surface area contributed by atoms with Crippen LogP contribution in [0.25, 0.3) is 0 Å². The number of hydrogen-bond donors (Lipinski definition) is 1. The first-order valence-electron chi connectivity index (χ1n) is 11.1. The van der Waals surface area contributed by atoms with Crippen molar-refractivity contribution in [1.82, 2.24) is 9.80 Å². The van der Waals surface area contributed by atoms with Crippen molar-refractivity contribution in [3.8, 4) is 17.6 Å². The van der Waals surface area contributed by atoms with E-state index < -0.39 is 6.10 Å². The van der Waals surface area contributed by atoms with Crippen LogP contribution in [-0.2, 0) is 4.74 Å². The largest absolute Gasteiger partial charge is 0.497 e. The number of nitrogens with zero attached hydrogens (tertiary/aromatic N) is 3. The highest BCUT2D eigenvalue weighted by Gasteiger charge is 2.36. The van der Waals surface area contributed by atoms with Crippen LogP contribution in [0.2, 0.25) is 0 Å². The van der Waals surface area contributed by atoms with Gasteiger partial charge in [0.05, 0.1) is 37.5 Å². The number of hydrogen-bond acceptors (Lipinski definition) is 8. The van der Waals surface area contributed by atoms with Gasteiger partial charge in [-0.2, -0.15) is 5.26 Å². The van der Waals surface area contributed by atoms with E-state index in [4.69, 9.17) is 19.5 Å². The maximum atomic E-state index is 12.7. The first-order valence-corrected chi connectivity index (χ1v) is 11.1. The lowest BCUT2D eigenvalue weighted by molar-refractivity contribution is -0.141. The Kier molecular flexibility index (Phi) is 7.57. The van der Waals surface area contributed by atoms with Crippen LogP contribution in [0.3, 0.4) is 0 Å². The van der Waals surface area contributed by atoms with E-state index in [1.54, 1.807) is 55.6 Å². The summed E-state index contributed by atoms with van der Waals surface area (Å²) in [6.07, 6.45) is -0.618. The minimum atomic E-state index is -0.632. The maximum absolute atomic E-state index is 12.7. The van der Waals surface area contributed by atoms with E-state index in [9.17, 15) is 9.90 Å². The van der Waals surface area contributed by atoms with Gasteiger partial charge in [-0.1, -0.05) is 0 Å². The van der Waals surface area contributed by atoms with E-state index in [1.165, 1.54) is 0 Å². The highest BCUT2D eigenvalue weighted by Crippen LogP contribution is 2.21. The summed E-state index contributed by atoms with van der Waals surface area (Å²) in [5, 5.41) is 19.3. The van der Waals surface area contributed by atoms with E-state index in [0.29, 0.717) is 56.1 Å². The van der Waals surface area contributed by atoms with E-state index in [0.717, 1.165) is 5.75 Å². The van der Waals surface area contributed by atoms with Crippen molar-refractivity contribution < 1.29 is 24.1 Å². The third-order valence-electron chi connectivity index (χ3n) is 5.91. The van der Waals surface area contributed by atoms with Crippen molar-refractivity contribution in [3.63, 3.8) is 0 Å². The molecule has 2 heterocycles. The van der Waals surface area contributed by atoms with Crippen LogP contribution < -0.4 is 9.47 Å². The molecular weight excluding hydrogens is 422 g/mol. The van der Waals surface area contributed by atoms with Crippen molar-refractivity contribution in [2.45, 2.75) is 18.3 Å². The fourth-order valence-corrected chi connectivity index (χ4v) is 4.38. The SMILES string of the molecule is COc1ccc(C(=O)CN2CC3CN(CC(O)COc4ccc(C#N)cc4)CC(C2)O3)cc1. The number of Topliss-reactive ketones (excluding diaryl/α,β-unsaturated/α-hetero) is 1. The third-order valence-corrected chi connectivity index (χ3v) is 5.91. The lowest BCUT2D eigenvalue weighted by atomic mass is 10.1. The van der Waals surface area contributed by atoms with Gasteiger partial charge in [-0.15, -0.1) is 0 Å². The molecule has 8 nitrogen and oxygen atoms in total. The van der Waals surface area contributed by atoms with Crippen molar-refractivity contribution in [1.29, 1.82) is 5.26 Å². The molecule has 3 atom stereocenters. The highest BCUT2D eigenvalue weighted by atomic mass is 16.5. The number of fused-ring (bicyclic) bond motifs is 2. The van der Waals surface area contributed by atoms with E-state index in [2.05, 4.69) is 15.9 Å². The van der Waals surface area contributed by atoms with E-state index >= 15 is 0 Å². The van der Waals surface area contributed by atoms with Crippen LogP contribution in [-0.4, -0.2) is 92.0 Å². The molecule has 3 unspecified atom stereocenters. The van der Waals surface area contributed by atoms with Gasteiger partial charge in [0.25, 0.3) is 0 Å². The summed E-state index contributed by atoms with van der Waals surface area (Å²) in [6, 6.07) is 16.1. The maximum Gasteiger partial charge on any atom is 0.176 e. The zero-order valence-electron chi connectivity index (χ0n) is 18.7. The first kappa shape index (κ1) is 23.2. The molecular formula is C25H29N3O5. The monoisotopic (exact) mass is 451 g/mol. The minimum Gasteiger partial charge on any atom is -0.497 e. The smallest absolute Gasteiger partial charge is 0.176 e. The van der Waals surface area contributed by atoms with Gasteiger partial charge in [-0.05, 0) is 48.5 Å². The van der Waals surface area contributed by atoms with Crippen LogP contribution in [0.15, 0.2) is 48.5 Å². The molecule has 2 aromatic rings. The minimum absolute atomic E-state index is 0.00723.